The molecule has 0 aliphatic carbocycles. The Morgan fingerprint density at radius 1 is 1.14 bits per heavy atom. The topological polar surface area (TPSA) is 51.1 Å². The number of carbonyl (C=O) groups is 1. The minimum atomic E-state index is -0.0406. The predicted molar refractivity (Wildman–Crippen MR) is 118 cm³/mol. The molecule has 1 fully saturated rings. The van der Waals surface area contributed by atoms with Crippen molar-refractivity contribution in [3.8, 4) is 11.5 Å². The number of hydrogen-bond donors (Lipinski definition) is 0. The first-order valence-electron chi connectivity index (χ1n) is 8.83. The number of amides is 1. The Kier molecular flexibility index (Phi) is 6.80. The molecule has 1 aliphatic rings. The van der Waals surface area contributed by atoms with Gasteiger partial charge in [-0.25, -0.2) is 4.99 Å². The molecule has 28 heavy (non-hydrogen) atoms. The molecule has 0 atom stereocenters. The summed E-state index contributed by atoms with van der Waals surface area (Å²) in [5, 5.41) is 0.678. The molecule has 5 nitrogen and oxygen atoms in total. The molecule has 0 radical (unpaired) electrons. The Morgan fingerprint density at radius 3 is 2.54 bits per heavy atom. The Balaban J connectivity index is 1.96. The van der Waals surface area contributed by atoms with Crippen LogP contribution in [-0.2, 0) is 4.79 Å². The number of thioether (sulfide) groups is 1. The molecule has 1 saturated heterocycles. The van der Waals surface area contributed by atoms with Crippen molar-refractivity contribution in [3.05, 3.63) is 57.4 Å². The first kappa shape index (κ1) is 20.5. The van der Waals surface area contributed by atoms with E-state index in [9.17, 15) is 4.79 Å². The maximum atomic E-state index is 13.0. The van der Waals surface area contributed by atoms with Gasteiger partial charge in [-0.05, 0) is 66.7 Å². The van der Waals surface area contributed by atoms with Crippen LogP contribution in [0.15, 0.2) is 56.8 Å². The summed E-state index contributed by atoms with van der Waals surface area (Å²) in [5.41, 5.74) is 1.62. The van der Waals surface area contributed by atoms with Crippen molar-refractivity contribution >= 4 is 50.5 Å². The van der Waals surface area contributed by atoms with Gasteiger partial charge >= 0.3 is 0 Å². The van der Waals surface area contributed by atoms with Crippen molar-refractivity contribution in [2.45, 2.75) is 13.3 Å². The van der Waals surface area contributed by atoms with Gasteiger partial charge in [-0.2, -0.15) is 0 Å². The highest BCUT2D eigenvalue weighted by Crippen LogP contribution is 2.36. The molecule has 7 heteroatoms. The second-order valence-corrected chi connectivity index (χ2v) is 7.97. The molecule has 1 amide bonds. The van der Waals surface area contributed by atoms with Crippen LogP contribution >= 0.6 is 27.7 Å². The molecule has 0 saturated carbocycles. The number of halogens is 1. The van der Waals surface area contributed by atoms with Gasteiger partial charge in [-0.15, -0.1) is 0 Å². The fourth-order valence-corrected chi connectivity index (χ4v) is 4.13. The van der Waals surface area contributed by atoms with Crippen LogP contribution in [0, 0.1) is 0 Å². The van der Waals surface area contributed by atoms with E-state index in [1.807, 2.05) is 55.5 Å². The van der Waals surface area contributed by atoms with Crippen LogP contribution in [-0.4, -0.2) is 36.7 Å². The maximum Gasteiger partial charge on any atom is 0.266 e. The first-order chi connectivity index (χ1) is 13.5. The predicted octanol–water partition coefficient (Wildman–Crippen LogP) is 5.48. The lowest BCUT2D eigenvalue weighted by atomic mass is 10.2. The Labute approximate surface area is 177 Å². The third-order valence-corrected chi connectivity index (χ3v) is 5.61. The fraction of sp³-hybridized carbons (Fsp3) is 0.238. The number of methoxy groups -OCH3 is 2. The highest BCUT2D eigenvalue weighted by atomic mass is 79.9. The lowest BCUT2D eigenvalue weighted by Gasteiger charge is -2.14. The van der Waals surface area contributed by atoms with Gasteiger partial charge in [0.2, 0.25) is 0 Å². The van der Waals surface area contributed by atoms with Gasteiger partial charge in [-0.1, -0.05) is 22.9 Å². The quantitative estimate of drug-likeness (QED) is 0.535. The molecule has 0 spiro atoms. The van der Waals surface area contributed by atoms with Crippen LogP contribution in [0.2, 0.25) is 0 Å². The highest BCUT2D eigenvalue weighted by Gasteiger charge is 2.33. The van der Waals surface area contributed by atoms with Crippen molar-refractivity contribution in [1.29, 1.82) is 0 Å². The van der Waals surface area contributed by atoms with E-state index in [4.69, 9.17) is 9.47 Å². The molecule has 2 aromatic rings. The van der Waals surface area contributed by atoms with Crippen molar-refractivity contribution in [2.75, 3.05) is 20.8 Å². The van der Waals surface area contributed by atoms with Crippen molar-refractivity contribution in [2.24, 2.45) is 4.99 Å². The molecule has 2 aromatic carbocycles. The minimum Gasteiger partial charge on any atom is -0.497 e. The number of nitrogens with zero attached hydrogens (tertiary/aromatic N) is 2. The van der Waals surface area contributed by atoms with E-state index in [1.54, 1.807) is 19.1 Å². The van der Waals surface area contributed by atoms with E-state index >= 15 is 0 Å². The summed E-state index contributed by atoms with van der Waals surface area (Å²) in [7, 11) is 3.25. The molecule has 0 unspecified atom stereocenters. The lowest BCUT2D eigenvalue weighted by Crippen LogP contribution is -2.29. The monoisotopic (exact) mass is 460 g/mol. The van der Waals surface area contributed by atoms with Crippen LogP contribution in [0.4, 0.5) is 5.69 Å². The molecule has 1 aliphatic heterocycles. The summed E-state index contributed by atoms with van der Waals surface area (Å²) in [6, 6.07) is 13.2. The average Bonchev–Trinajstić information content (AvgIpc) is 2.98. The Bertz CT molecular complexity index is 926. The Hall–Kier alpha value is -2.25. The van der Waals surface area contributed by atoms with Crippen molar-refractivity contribution in [1.82, 2.24) is 4.90 Å². The largest absolute Gasteiger partial charge is 0.497 e. The van der Waals surface area contributed by atoms with Crippen LogP contribution in [0.5, 0.6) is 11.5 Å². The van der Waals surface area contributed by atoms with Crippen LogP contribution in [0.25, 0.3) is 6.08 Å². The summed E-state index contributed by atoms with van der Waals surface area (Å²) in [6.07, 6.45) is 2.71. The molecule has 0 aromatic heterocycles. The molecular weight excluding hydrogens is 440 g/mol. The third-order valence-electron chi connectivity index (χ3n) is 4.11. The molecular formula is C21H21BrN2O3S. The number of hydrogen-bond acceptors (Lipinski definition) is 5. The zero-order valence-electron chi connectivity index (χ0n) is 15.9. The van der Waals surface area contributed by atoms with Gasteiger partial charge in [0.25, 0.3) is 5.91 Å². The average molecular weight is 461 g/mol. The van der Waals surface area contributed by atoms with E-state index in [-0.39, 0.29) is 5.91 Å². The molecule has 3 rings (SSSR count). The number of ether oxygens (including phenoxy) is 2. The minimum absolute atomic E-state index is 0.0406. The zero-order valence-corrected chi connectivity index (χ0v) is 18.3. The van der Waals surface area contributed by atoms with Crippen LogP contribution in [0.1, 0.15) is 18.9 Å². The van der Waals surface area contributed by atoms with Gasteiger partial charge in [0.05, 0.1) is 24.8 Å². The number of amidine groups is 1. The van der Waals surface area contributed by atoms with E-state index in [0.717, 1.165) is 27.9 Å². The van der Waals surface area contributed by atoms with E-state index < -0.39 is 0 Å². The summed E-state index contributed by atoms with van der Waals surface area (Å²) in [5.74, 6) is 1.44. The molecule has 0 N–H and O–H groups in total. The fourth-order valence-electron chi connectivity index (χ4n) is 2.74. The van der Waals surface area contributed by atoms with Crippen LogP contribution < -0.4 is 9.47 Å². The first-order valence-corrected chi connectivity index (χ1v) is 10.4. The summed E-state index contributed by atoms with van der Waals surface area (Å²) >= 11 is 4.85. The molecule has 146 valence electrons. The SMILES string of the molecule is CCCN1C(=O)C(=Cc2cc(Br)ccc2OC)SC1=Nc1ccc(OC)cc1. The number of carbonyl (C=O) groups excluding carboxylic acids is 1. The van der Waals surface area contributed by atoms with Crippen LogP contribution in [0.3, 0.4) is 0 Å². The van der Waals surface area contributed by atoms with Crippen molar-refractivity contribution < 1.29 is 14.3 Å². The van der Waals surface area contributed by atoms with E-state index in [1.165, 1.54) is 11.8 Å². The van der Waals surface area contributed by atoms with Gasteiger partial charge in [0, 0.05) is 16.6 Å². The van der Waals surface area contributed by atoms with Crippen molar-refractivity contribution in [3.63, 3.8) is 0 Å². The second kappa shape index (κ2) is 9.30. The molecule has 0 bridgehead atoms. The zero-order chi connectivity index (χ0) is 20.1. The van der Waals surface area contributed by atoms with Gasteiger partial charge < -0.3 is 9.47 Å². The number of rotatable bonds is 6. The smallest absolute Gasteiger partial charge is 0.266 e. The number of aliphatic imine (C=N–C) groups is 1. The summed E-state index contributed by atoms with van der Waals surface area (Å²) in [4.78, 5) is 20.0. The highest BCUT2D eigenvalue weighted by molar-refractivity contribution is 9.10. The standard InChI is InChI=1S/C21H21BrN2O3S/c1-4-11-24-20(25)19(13-14-12-15(22)5-10-18(14)27-3)28-21(24)23-16-6-8-17(26-2)9-7-16/h5-10,12-13H,4,11H2,1-3H3. The third kappa shape index (κ3) is 4.59. The van der Waals surface area contributed by atoms with Gasteiger partial charge in [0.1, 0.15) is 11.5 Å². The lowest BCUT2D eigenvalue weighted by molar-refractivity contribution is -0.122. The summed E-state index contributed by atoms with van der Waals surface area (Å²) in [6.45, 7) is 2.66. The van der Waals surface area contributed by atoms with E-state index in [2.05, 4.69) is 20.9 Å². The molecule has 1 heterocycles. The maximum absolute atomic E-state index is 13.0. The second-order valence-electron chi connectivity index (χ2n) is 6.05. The summed E-state index contributed by atoms with van der Waals surface area (Å²) < 4.78 is 11.5. The van der Waals surface area contributed by atoms with Gasteiger partial charge in [-0.3, -0.25) is 9.69 Å². The Morgan fingerprint density at radius 2 is 1.89 bits per heavy atom. The van der Waals surface area contributed by atoms with Gasteiger partial charge in [0.15, 0.2) is 5.17 Å². The van der Waals surface area contributed by atoms with E-state index in [0.29, 0.717) is 22.4 Å². The number of benzene rings is 2. The normalized spacial score (nSPS) is 16.9.